The highest BCUT2D eigenvalue weighted by Gasteiger charge is 2.13. The lowest BCUT2D eigenvalue weighted by Crippen LogP contribution is -2.28. The summed E-state index contributed by atoms with van der Waals surface area (Å²) in [5.74, 6) is 1.00. The first-order chi connectivity index (χ1) is 7.94. The summed E-state index contributed by atoms with van der Waals surface area (Å²) in [6.45, 7) is 6.04. The van der Waals surface area contributed by atoms with Crippen LogP contribution >= 0.6 is 0 Å². The fourth-order valence-electron chi connectivity index (χ4n) is 1.26. The van der Waals surface area contributed by atoms with Crippen molar-refractivity contribution in [2.75, 3.05) is 11.1 Å². The van der Waals surface area contributed by atoms with Gasteiger partial charge in [-0.1, -0.05) is 0 Å². The Balaban J connectivity index is 2.36. The Kier molecular flexibility index (Phi) is 2.66. The molecule has 0 aromatic carbocycles. The van der Waals surface area contributed by atoms with Gasteiger partial charge in [-0.2, -0.15) is 20.1 Å². The Morgan fingerprint density at radius 1 is 1.24 bits per heavy atom. The number of aromatic nitrogens is 5. The first kappa shape index (κ1) is 11.3. The second kappa shape index (κ2) is 4.00. The van der Waals surface area contributed by atoms with Gasteiger partial charge in [0.25, 0.3) is 5.95 Å². The van der Waals surface area contributed by atoms with Gasteiger partial charge in [0.15, 0.2) is 0 Å². The molecule has 0 fully saturated rings. The predicted octanol–water partition coefficient (Wildman–Crippen LogP) is 0.850. The van der Waals surface area contributed by atoms with Crippen LogP contribution in [-0.4, -0.2) is 30.3 Å². The van der Waals surface area contributed by atoms with Crippen molar-refractivity contribution in [3.8, 4) is 5.95 Å². The molecule has 0 atom stereocenters. The summed E-state index contributed by atoms with van der Waals surface area (Å²) in [6, 6.07) is 1.79. The van der Waals surface area contributed by atoms with Crippen LogP contribution in [0.3, 0.4) is 0 Å². The van der Waals surface area contributed by atoms with Crippen molar-refractivity contribution in [2.24, 2.45) is 0 Å². The summed E-state index contributed by atoms with van der Waals surface area (Å²) < 4.78 is 1.53. The fourth-order valence-corrected chi connectivity index (χ4v) is 1.26. The predicted molar refractivity (Wildman–Crippen MR) is 64.7 cm³/mol. The van der Waals surface area contributed by atoms with Crippen LogP contribution in [0.1, 0.15) is 20.8 Å². The molecular weight excluding hydrogens is 218 g/mol. The molecule has 2 aromatic heterocycles. The molecule has 0 amide bonds. The molecular formula is C10H15N7. The third kappa shape index (κ3) is 2.90. The summed E-state index contributed by atoms with van der Waals surface area (Å²) in [4.78, 5) is 12.3. The van der Waals surface area contributed by atoms with Gasteiger partial charge in [-0.05, 0) is 26.8 Å². The zero-order valence-electron chi connectivity index (χ0n) is 10.0. The highest BCUT2D eigenvalue weighted by Crippen LogP contribution is 2.11. The Hall–Kier alpha value is -2.18. The minimum Gasteiger partial charge on any atom is -0.368 e. The molecule has 0 aliphatic carbocycles. The van der Waals surface area contributed by atoms with E-state index in [1.807, 2.05) is 20.8 Å². The molecule has 0 aliphatic rings. The summed E-state index contributed by atoms with van der Waals surface area (Å²) in [5, 5.41) is 7.19. The number of nitrogens with zero attached hydrogens (tertiary/aromatic N) is 5. The van der Waals surface area contributed by atoms with Crippen molar-refractivity contribution in [3.63, 3.8) is 0 Å². The van der Waals surface area contributed by atoms with Gasteiger partial charge in [0.2, 0.25) is 11.9 Å². The number of nitrogen functional groups attached to an aromatic ring is 1. The molecule has 0 spiro atoms. The number of nitrogens with one attached hydrogen (secondary N) is 1. The van der Waals surface area contributed by atoms with Crippen LogP contribution in [0.4, 0.5) is 11.9 Å². The van der Waals surface area contributed by atoms with Crippen LogP contribution in [0.5, 0.6) is 0 Å². The van der Waals surface area contributed by atoms with Crippen molar-refractivity contribution in [1.29, 1.82) is 0 Å². The zero-order valence-corrected chi connectivity index (χ0v) is 10.0. The van der Waals surface area contributed by atoms with E-state index in [1.54, 1.807) is 18.5 Å². The van der Waals surface area contributed by atoms with Gasteiger partial charge in [0.05, 0.1) is 0 Å². The minimum atomic E-state index is -0.144. The monoisotopic (exact) mass is 233 g/mol. The van der Waals surface area contributed by atoms with E-state index in [2.05, 4.69) is 25.4 Å². The molecule has 0 bridgehead atoms. The molecule has 2 rings (SSSR count). The number of nitrogens with two attached hydrogens (primary N) is 1. The smallest absolute Gasteiger partial charge is 0.257 e. The van der Waals surface area contributed by atoms with Crippen LogP contribution in [0.25, 0.3) is 5.95 Å². The van der Waals surface area contributed by atoms with Gasteiger partial charge in [-0.3, -0.25) is 0 Å². The fraction of sp³-hybridized carbons (Fsp3) is 0.400. The van der Waals surface area contributed by atoms with E-state index in [9.17, 15) is 0 Å². The lowest BCUT2D eigenvalue weighted by molar-refractivity contribution is 0.623. The summed E-state index contributed by atoms with van der Waals surface area (Å²) in [5.41, 5.74) is 5.50. The van der Waals surface area contributed by atoms with Crippen LogP contribution in [0.2, 0.25) is 0 Å². The second-order valence-electron chi connectivity index (χ2n) is 4.64. The van der Waals surface area contributed by atoms with Crippen LogP contribution < -0.4 is 11.1 Å². The molecule has 0 aliphatic heterocycles. The topological polar surface area (TPSA) is 94.5 Å². The van der Waals surface area contributed by atoms with Crippen molar-refractivity contribution >= 4 is 11.9 Å². The van der Waals surface area contributed by atoms with Crippen LogP contribution in [-0.2, 0) is 0 Å². The van der Waals surface area contributed by atoms with Gasteiger partial charge in [-0.15, -0.1) is 0 Å². The largest absolute Gasteiger partial charge is 0.368 e. The van der Waals surface area contributed by atoms with Crippen molar-refractivity contribution in [2.45, 2.75) is 26.3 Å². The SMILES string of the molecule is CC(C)(C)Nc1nc(N)nc(-n2cccn2)n1. The van der Waals surface area contributed by atoms with E-state index in [4.69, 9.17) is 5.73 Å². The number of hydrogen-bond donors (Lipinski definition) is 2. The van der Waals surface area contributed by atoms with Crippen molar-refractivity contribution in [1.82, 2.24) is 24.7 Å². The second-order valence-corrected chi connectivity index (χ2v) is 4.64. The lowest BCUT2D eigenvalue weighted by Gasteiger charge is -2.20. The lowest BCUT2D eigenvalue weighted by atomic mass is 10.1. The molecule has 0 unspecified atom stereocenters. The minimum absolute atomic E-state index is 0.144. The van der Waals surface area contributed by atoms with Gasteiger partial charge in [0.1, 0.15) is 0 Å². The molecule has 0 saturated heterocycles. The Labute approximate surface area is 99.1 Å². The Morgan fingerprint density at radius 3 is 2.59 bits per heavy atom. The molecule has 3 N–H and O–H groups in total. The zero-order chi connectivity index (χ0) is 12.5. The van der Waals surface area contributed by atoms with Crippen LogP contribution in [0.15, 0.2) is 18.5 Å². The van der Waals surface area contributed by atoms with Crippen molar-refractivity contribution in [3.05, 3.63) is 18.5 Å². The molecule has 2 heterocycles. The summed E-state index contributed by atoms with van der Waals surface area (Å²) in [7, 11) is 0. The normalized spacial score (nSPS) is 11.5. The average molecular weight is 233 g/mol. The average Bonchev–Trinajstić information content (AvgIpc) is 2.65. The maximum Gasteiger partial charge on any atom is 0.257 e. The molecule has 0 radical (unpaired) electrons. The van der Waals surface area contributed by atoms with E-state index in [1.165, 1.54) is 4.68 Å². The first-order valence-electron chi connectivity index (χ1n) is 5.24. The van der Waals surface area contributed by atoms with Crippen LogP contribution in [0, 0.1) is 0 Å². The van der Waals surface area contributed by atoms with Crippen molar-refractivity contribution < 1.29 is 0 Å². The quantitative estimate of drug-likeness (QED) is 0.798. The number of rotatable bonds is 2. The van der Waals surface area contributed by atoms with E-state index >= 15 is 0 Å². The molecule has 7 heteroatoms. The third-order valence-corrected chi connectivity index (χ3v) is 1.84. The number of anilines is 2. The van der Waals surface area contributed by atoms with Gasteiger partial charge in [-0.25, -0.2) is 4.68 Å². The molecule has 7 nitrogen and oxygen atoms in total. The van der Waals surface area contributed by atoms with E-state index < -0.39 is 0 Å². The van der Waals surface area contributed by atoms with Gasteiger partial charge >= 0.3 is 0 Å². The van der Waals surface area contributed by atoms with Gasteiger partial charge < -0.3 is 11.1 Å². The summed E-state index contributed by atoms with van der Waals surface area (Å²) in [6.07, 6.45) is 3.40. The van der Waals surface area contributed by atoms with E-state index in [0.29, 0.717) is 11.9 Å². The third-order valence-electron chi connectivity index (χ3n) is 1.84. The molecule has 0 saturated carbocycles. The maximum absolute atomic E-state index is 5.64. The standard InChI is InChI=1S/C10H15N7/c1-10(2,3)16-8-13-7(11)14-9(15-8)17-6-4-5-12-17/h4-6H,1-3H3,(H3,11,13,14,15,16). The van der Waals surface area contributed by atoms with E-state index in [-0.39, 0.29) is 11.5 Å². The maximum atomic E-state index is 5.64. The first-order valence-corrected chi connectivity index (χ1v) is 5.24. The molecule has 90 valence electrons. The Bertz CT molecular complexity index is 498. The highest BCUT2D eigenvalue weighted by molar-refractivity contribution is 5.36. The van der Waals surface area contributed by atoms with Gasteiger partial charge in [0, 0.05) is 17.9 Å². The number of hydrogen-bond acceptors (Lipinski definition) is 6. The molecule has 17 heavy (non-hydrogen) atoms. The Morgan fingerprint density at radius 2 is 2.00 bits per heavy atom. The van der Waals surface area contributed by atoms with E-state index in [0.717, 1.165) is 0 Å². The summed E-state index contributed by atoms with van der Waals surface area (Å²) >= 11 is 0. The molecule has 2 aromatic rings. The highest BCUT2D eigenvalue weighted by atomic mass is 15.4.